The van der Waals surface area contributed by atoms with Crippen LogP contribution < -0.4 is 5.32 Å². The number of nitrogens with one attached hydrogen (secondary N) is 1. The smallest absolute Gasteiger partial charge is 0.0309 e. The van der Waals surface area contributed by atoms with E-state index >= 15 is 0 Å². The first kappa shape index (κ1) is 10.0. The first-order valence-electron chi connectivity index (χ1n) is 5.56. The molecule has 1 spiro atoms. The van der Waals surface area contributed by atoms with Crippen molar-refractivity contribution in [2.24, 2.45) is 5.92 Å². The molecule has 0 bridgehead atoms. The summed E-state index contributed by atoms with van der Waals surface area (Å²) in [6.45, 7) is 7.70. The Balaban J connectivity index is 0.000000336. The van der Waals surface area contributed by atoms with Crippen molar-refractivity contribution in [3.05, 3.63) is 0 Å². The summed E-state index contributed by atoms with van der Waals surface area (Å²) in [6.07, 6.45) is 7.26. The highest BCUT2D eigenvalue weighted by Crippen LogP contribution is 2.36. The van der Waals surface area contributed by atoms with Crippen molar-refractivity contribution in [2.45, 2.75) is 58.4 Å². The van der Waals surface area contributed by atoms with Gasteiger partial charge in [-0.05, 0) is 18.8 Å². The van der Waals surface area contributed by atoms with Crippen LogP contribution in [0.5, 0.6) is 0 Å². The van der Waals surface area contributed by atoms with Gasteiger partial charge >= 0.3 is 0 Å². The maximum absolute atomic E-state index is 3.52. The summed E-state index contributed by atoms with van der Waals surface area (Å²) in [6, 6.07) is 0. The van der Waals surface area contributed by atoms with Crippen LogP contribution in [0.4, 0.5) is 0 Å². The predicted octanol–water partition coefficient (Wildman–Crippen LogP) is 2.95. The van der Waals surface area contributed by atoms with Gasteiger partial charge in [0, 0.05) is 12.1 Å². The van der Waals surface area contributed by atoms with Gasteiger partial charge in [0.15, 0.2) is 0 Å². The molecule has 0 aromatic rings. The van der Waals surface area contributed by atoms with Crippen LogP contribution in [0.1, 0.15) is 52.9 Å². The fraction of sp³-hybridized carbons (Fsp3) is 1.00. The van der Waals surface area contributed by atoms with Crippen molar-refractivity contribution in [2.75, 3.05) is 6.54 Å². The standard InChI is InChI=1S/C9H17N.C2H6/c1-8-4-2-3-5-9(6-8)7-10-9;1-2/h8,10H,2-7H2,1H3;1-2H3. The van der Waals surface area contributed by atoms with Gasteiger partial charge in [0.2, 0.25) is 0 Å². The quantitative estimate of drug-likeness (QED) is 0.553. The van der Waals surface area contributed by atoms with E-state index in [4.69, 9.17) is 0 Å². The van der Waals surface area contributed by atoms with E-state index in [-0.39, 0.29) is 0 Å². The molecular weight excluding hydrogens is 146 g/mol. The van der Waals surface area contributed by atoms with E-state index in [9.17, 15) is 0 Å². The maximum Gasteiger partial charge on any atom is 0.0309 e. The van der Waals surface area contributed by atoms with Gasteiger partial charge in [-0.2, -0.15) is 0 Å². The average Bonchev–Trinajstić information content (AvgIpc) is 2.86. The highest BCUT2D eigenvalue weighted by molar-refractivity contribution is 5.05. The zero-order valence-electron chi connectivity index (χ0n) is 8.82. The van der Waals surface area contributed by atoms with Gasteiger partial charge < -0.3 is 5.32 Å². The SMILES string of the molecule is CC.CC1CCCCC2(CN2)C1. The molecule has 0 radical (unpaired) electrons. The van der Waals surface area contributed by atoms with Gasteiger partial charge in [0.05, 0.1) is 0 Å². The first-order chi connectivity index (χ1) is 5.81. The minimum atomic E-state index is 0.635. The molecule has 2 unspecified atom stereocenters. The van der Waals surface area contributed by atoms with Crippen LogP contribution in [0.25, 0.3) is 0 Å². The Morgan fingerprint density at radius 3 is 2.50 bits per heavy atom. The molecule has 2 aliphatic rings. The van der Waals surface area contributed by atoms with Crippen LogP contribution in [0, 0.1) is 5.92 Å². The van der Waals surface area contributed by atoms with Crippen molar-refractivity contribution in [3.8, 4) is 0 Å². The normalized spacial score (nSPS) is 39.8. The highest BCUT2D eigenvalue weighted by Gasteiger charge is 2.42. The molecule has 1 N–H and O–H groups in total. The number of rotatable bonds is 0. The average molecular weight is 169 g/mol. The minimum absolute atomic E-state index is 0.635. The molecule has 1 aliphatic carbocycles. The zero-order chi connectivity index (χ0) is 9.03. The van der Waals surface area contributed by atoms with E-state index in [0.717, 1.165) is 5.92 Å². The molecule has 2 fully saturated rings. The van der Waals surface area contributed by atoms with Crippen molar-refractivity contribution in [1.82, 2.24) is 5.32 Å². The third kappa shape index (κ3) is 2.48. The van der Waals surface area contributed by atoms with Crippen LogP contribution in [0.3, 0.4) is 0 Å². The third-order valence-electron chi connectivity index (χ3n) is 3.02. The van der Waals surface area contributed by atoms with Gasteiger partial charge in [-0.25, -0.2) is 0 Å². The van der Waals surface area contributed by atoms with Crippen LogP contribution in [-0.2, 0) is 0 Å². The van der Waals surface area contributed by atoms with Crippen LogP contribution in [0.15, 0.2) is 0 Å². The Labute approximate surface area is 76.9 Å². The largest absolute Gasteiger partial charge is 0.308 e. The van der Waals surface area contributed by atoms with Crippen LogP contribution >= 0.6 is 0 Å². The van der Waals surface area contributed by atoms with Crippen molar-refractivity contribution in [3.63, 3.8) is 0 Å². The molecule has 0 aromatic heterocycles. The Morgan fingerprint density at radius 2 is 1.92 bits per heavy atom. The summed E-state index contributed by atoms with van der Waals surface area (Å²) >= 11 is 0. The molecule has 1 saturated carbocycles. The minimum Gasteiger partial charge on any atom is -0.308 e. The lowest BCUT2D eigenvalue weighted by molar-refractivity contribution is 0.446. The van der Waals surface area contributed by atoms with Crippen molar-refractivity contribution >= 4 is 0 Å². The highest BCUT2D eigenvalue weighted by atomic mass is 15.2. The second-order valence-electron chi connectivity index (χ2n) is 4.19. The fourth-order valence-electron chi connectivity index (χ4n) is 2.27. The third-order valence-corrected chi connectivity index (χ3v) is 3.02. The molecule has 1 heteroatoms. The van der Waals surface area contributed by atoms with Gasteiger partial charge in [-0.15, -0.1) is 0 Å². The molecule has 2 rings (SSSR count). The summed E-state index contributed by atoms with van der Waals surface area (Å²) in [5.41, 5.74) is 0.635. The monoisotopic (exact) mass is 169 g/mol. The van der Waals surface area contributed by atoms with Crippen LogP contribution in [-0.4, -0.2) is 12.1 Å². The fourth-order valence-corrected chi connectivity index (χ4v) is 2.27. The molecular formula is C11H23N. The lowest BCUT2D eigenvalue weighted by Gasteiger charge is -2.12. The van der Waals surface area contributed by atoms with Gasteiger partial charge in [0.1, 0.15) is 0 Å². The maximum atomic E-state index is 3.52. The molecule has 1 saturated heterocycles. The van der Waals surface area contributed by atoms with Gasteiger partial charge in [0.25, 0.3) is 0 Å². The Bertz CT molecular complexity index is 127. The van der Waals surface area contributed by atoms with Gasteiger partial charge in [-0.1, -0.05) is 40.0 Å². The Hall–Kier alpha value is -0.0400. The van der Waals surface area contributed by atoms with Crippen molar-refractivity contribution in [1.29, 1.82) is 0 Å². The molecule has 0 amide bonds. The molecule has 2 atom stereocenters. The molecule has 1 aliphatic heterocycles. The van der Waals surface area contributed by atoms with Gasteiger partial charge in [-0.3, -0.25) is 0 Å². The van der Waals surface area contributed by atoms with E-state index in [1.165, 1.54) is 38.6 Å². The molecule has 1 heterocycles. The summed E-state index contributed by atoms with van der Waals surface area (Å²) in [4.78, 5) is 0. The Kier molecular flexibility index (Phi) is 3.57. The topological polar surface area (TPSA) is 21.9 Å². The summed E-state index contributed by atoms with van der Waals surface area (Å²) in [5, 5.41) is 3.52. The van der Waals surface area contributed by atoms with E-state index in [1.54, 1.807) is 0 Å². The second-order valence-corrected chi connectivity index (χ2v) is 4.19. The van der Waals surface area contributed by atoms with E-state index in [0.29, 0.717) is 5.54 Å². The first-order valence-corrected chi connectivity index (χ1v) is 5.56. The number of hydrogen-bond acceptors (Lipinski definition) is 1. The lowest BCUT2D eigenvalue weighted by Crippen LogP contribution is -2.16. The number of hydrogen-bond donors (Lipinski definition) is 1. The van der Waals surface area contributed by atoms with Crippen molar-refractivity contribution < 1.29 is 0 Å². The Morgan fingerprint density at radius 1 is 1.25 bits per heavy atom. The van der Waals surface area contributed by atoms with Crippen LogP contribution in [0.2, 0.25) is 0 Å². The molecule has 1 nitrogen and oxygen atoms in total. The zero-order valence-corrected chi connectivity index (χ0v) is 8.82. The van der Waals surface area contributed by atoms with E-state index in [2.05, 4.69) is 12.2 Å². The molecule has 72 valence electrons. The second kappa shape index (κ2) is 4.27. The lowest BCUT2D eigenvalue weighted by atomic mass is 9.95. The predicted molar refractivity (Wildman–Crippen MR) is 54.3 cm³/mol. The summed E-state index contributed by atoms with van der Waals surface area (Å²) < 4.78 is 0. The summed E-state index contributed by atoms with van der Waals surface area (Å²) in [7, 11) is 0. The molecule has 0 aromatic carbocycles. The van der Waals surface area contributed by atoms with E-state index in [1.807, 2.05) is 13.8 Å². The molecule has 12 heavy (non-hydrogen) atoms. The van der Waals surface area contributed by atoms with E-state index < -0.39 is 0 Å². The summed E-state index contributed by atoms with van der Waals surface area (Å²) in [5.74, 6) is 0.970.